The Morgan fingerprint density at radius 1 is 1.04 bits per heavy atom. The minimum Gasteiger partial charge on any atom is -0.491 e. The van der Waals surface area contributed by atoms with Crippen molar-refractivity contribution in [2.75, 3.05) is 6.54 Å². The fourth-order valence-corrected chi connectivity index (χ4v) is 2.69. The number of para-hydroxylation sites is 1. The second-order valence-electron chi connectivity index (χ2n) is 5.81. The normalized spacial score (nSPS) is 18.0. The Kier molecular flexibility index (Phi) is 4.71. The standard InChI is InChI=1S/C19H22N2O2/c1-14(11-15-12-19(20)21-13-15)22-17-7-9-18(10-8-17)23-16-5-3-2-4-6-16/h2-10,12,14-15,21H,11,13,20H2,1H3/t14-,15-/m0/s1. The van der Waals surface area contributed by atoms with Crippen molar-refractivity contribution in [1.29, 1.82) is 0 Å². The minimum absolute atomic E-state index is 0.129. The van der Waals surface area contributed by atoms with Gasteiger partial charge in [0.05, 0.1) is 11.9 Å². The van der Waals surface area contributed by atoms with Gasteiger partial charge in [0, 0.05) is 12.5 Å². The smallest absolute Gasteiger partial charge is 0.127 e. The summed E-state index contributed by atoms with van der Waals surface area (Å²) in [6, 6.07) is 17.4. The van der Waals surface area contributed by atoms with Gasteiger partial charge in [0.15, 0.2) is 0 Å². The van der Waals surface area contributed by atoms with Crippen LogP contribution < -0.4 is 20.5 Å². The molecule has 0 radical (unpaired) electrons. The van der Waals surface area contributed by atoms with Gasteiger partial charge in [0.2, 0.25) is 0 Å². The molecule has 2 atom stereocenters. The summed E-state index contributed by atoms with van der Waals surface area (Å²) in [5, 5.41) is 3.14. The van der Waals surface area contributed by atoms with Crippen LogP contribution in [-0.4, -0.2) is 12.6 Å². The lowest BCUT2D eigenvalue weighted by Crippen LogP contribution is -2.20. The first-order valence-electron chi connectivity index (χ1n) is 7.90. The van der Waals surface area contributed by atoms with Crippen molar-refractivity contribution < 1.29 is 9.47 Å². The third kappa shape index (κ3) is 4.42. The highest BCUT2D eigenvalue weighted by molar-refractivity contribution is 5.35. The Balaban J connectivity index is 1.53. The van der Waals surface area contributed by atoms with Gasteiger partial charge in [-0.1, -0.05) is 18.2 Å². The first-order chi connectivity index (χ1) is 11.2. The van der Waals surface area contributed by atoms with Crippen LogP contribution in [-0.2, 0) is 0 Å². The molecule has 0 fully saturated rings. The van der Waals surface area contributed by atoms with Crippen LogP contribution in [0.15, 0.2) is 66.5 Å². The predicted molar refractivity (Wildman–Crippen MR) is 91.4 cm³/mol. The second-order valence-corrected chi connectivity index (χ2v) is 5.81. The van der Waals surface area contributed by atoms with E-state index >= 15 is 0 Å². The van der Waals surface area contributed by atoms with Crippen LogP contribution >= 0.6 is 0 Å². The van der Waals surface area contributed by atoms with E-state index in [2.05, 4.69) is 18.3 Å². The minimum atomic E-state index is 0.129. The molecular weight excluding hydrogens is 288 g/mol. The van der Waals surface area contributed by atoms with Crippen molar-refractivity contribution in [3.63, 3.8) is 0 Å². The number of hydrogen-bond acceptors (Lipinski definition) is 4. The molecule has 2 aromatic carbocycles. The molecule has 0 aromatic heterocycles. The molecule has 0 saturated carbocycles. The third-order valence-corrected chi connectivity index (χ3v) is 3.76. The van der Waals surface area contributed by atoms with Gasteiger partial charge >= 0.3 is 0 Å². The van der Waals surface area contributed by atoms with E-state index < -0.39 is 0 Å². The van der Waals surface area contributed by atoms with Crippen LogP contribution in [0.5, 0.6) is 17.2 Å². The summed E-state index contributed by atoms with van der Waals surface area (Å²) in [6.45, 7) is 2.97. The first-order valence-corrected chi connectivity index (χ1v) is 7.90. The van der Waals surface area contributed by atoms with Crippen LogP contribution in [0.25, 0.3) is 0 Å². The molecule has 4 nitrogen and oxygen atoms in total. The Morgan fingerprint density at radius 3 is 2.35 bits per heavy atom. The van der Waals surface area contributed by atoms with Gasteiger partial charge in [-0.15, -0.1) is 0 Å². The number of nitrogens with one attached hydrogen (secondary N) is 1. The number of ether oxygens (including phenoxy) is 2. The highest BCUT2D eigenvalue weighted by atomic mass is 16.5. The molecule has 2 aromatic rings. The molecule has 0 unspecified atom stereocenters. The molecule has 0 amide bonds. The summed E-state index contributed by atoms with van der Waals surface area (Å²) in [5.41, 5.74) is 5.73. The number of hydrogen-bond donors (Lipinski definition) is 2. The lowest BCUT2D eigenvalue weighted by Gasteiger charge is -2.17. The van der Waals surface area contributed by atoms with Crippen molar-refractivity contribution in [2.45, 2.75) is 19.4 Å². The fourth-order valence-electron chi connectivity index (χ4n) is 2.69. The molecule has 0 spiro atoms. The van der Waals surface area contributed by atoms with Gasteiger partial charge in [-0.2, -0.15) is 0 Å². The third-order valence-electron chi connectivity index (χ3n) is 3.76. The van der Waals surface area contributed by atoms with Crippen LogP contribution in [0.3, 0.4) is 0 Å². The van der Waals surface area contributed by atoms with Crippen LogP contribution in [0, 0.1) is 5.92 Å². The maximum atomic E-state index is 5.96. The molecule has 0 saturated heterocycles. The van der Waals surface area contributed by atoms with Gasteiger partial charge in [0.25, 0.3) is 0 Å². The van der Waals surface area contributed by atoms with E-state index in [4.69, 9.17) is 15.2 Å². The summed E-state index contributed by atoms with van der Waals surface area (Å²) in [4.78, 5) is 0. The highest BCUT2D eigenvalue weighted by Gasteiger charge is 2.17. The van der Waals surface area contributed by atoms with E-state index in [9.17, 15) is 0 Å². The zero-order valence-corrected chi connectivity index (χ0v) is 13.2. The Bertz CT molecular complexity index is 653. The Labute approximate surface area is 136 Å². The topological polar surface area (TPSA) is 56.5 Å². The summed E-state index contributed by atoms with van der Waals surface area (Å²) >= 11 is 0. The maximum Gasteiger partial charge on any atom is 0.127 e. The van der Waals surface area contributed by atoms with Crippen molar-refractivity contribution in [3.05, 3.63) is 66.5 Å². The average Bonchev–Trinajstić information content (AvgIpc) is 2.95. The molecule has 1 aliphatic heterocycles. The molecule has 23 heavy (non-hydrogen) atoms. The number of nitrogens with two attached hydrogens (primary N) is 1. The molecule has 3 N–H and O–H groups in total. The van der Waals surface area contributed by atoms with Crippen LogP contribution in [0.1, 0.15) is 13.3 Å². The molecule has 0 aliphatic carbocycles. The molecule has 1 aliphatic rings. The maximum absolute atomic E-state index is 5.96. The molecule has 1 heterocycles. The Morgan fingerprint density at radius 2 is 1.70 bits per heavy atom. The molecule has 120 valence electrons. The van der Waals surface area contributed by atoms with Gasteiger partial charge in [-0.05, 0) is 55.8 Å². The van der Waals surface area contributed by atoms with E-state index in [1.54, 1.807) is 0 Å². The lowest BCUT2D eigenvalue weighted by molar-refractivity contribution is 0.196. The zero-order chi connectivity index (χ0) is 16.1. The van der Waals surface area contributed by atoms with Gasteiger partial charge in [-0.25, -0.2) is 0 Å². The summed E-state index contributed by atoms with van der Waals surface area (Å²) in [5.74, 6) is 3.68. The number of rotatable bonds is 6. The SMILES string of the molecule is C[C@@H](C[C@H]1C=C(N)NC1)Oc1ccc(Oc2ccccc2)cc1. The second kappa shape index (κ2) is 7.09. The Hall–Kier alpha value is -2.62. The zero-order valence-electron chi connectivity index (χ0n) is 13.2. The number of benzene rings is 2. The van der Waals surface area contributed by atoms with E-state index in [0.29, 0.717) is 5.92 Å². The summed E-state index contributed by atoms with van der Waals surface area (Å²) in [7, 11) is 0. The summed E-state index contributed by atoms with van der Waals surface area (Å²) in [6.07, 6.45) is 3.14. The fraction of sp³-hybridized carbons (Fsp3) is 0.263. The molecule has 0 bridgehead atoms. The summed E-state index contributed by atoms with van der Waals surface area (Å²) < 4.78 is 11.7. The largest absolute Gasteiger partial charge is 0.491 e. The molecular formula is C19H22N2O2. The molecule has 4 heteroatoms. The van der Waals surface area contributed by atoms with Gasteiger partial charge < -0.3 is 20.5 Å². The first kappa shape index (κ1) is 15.3. The van der Waals surface area contributed by atoms with Crippen LogP contribution in [0.2, 0.25) is 0 Å². The van der Waals surface area contributed by atoms with Crippen molar-refractivity contribution in [2.24, 2.45) is 11.7 Å². The predicted octanol–water partition coefficient (Wildman–Crippen LogP) is 3.66. The van der Waals surface area contributed by atoms with Gasteiger partial charge in [0.1, 0.15) is 17.2 Å². The van der Waals surface area contributed by atoms with Gasteiger partial charge in [-0.3, -0.25) is 0 Å². The monoisotopic (exact) mass is 310 g/mol. The van der Waals surface area contributed by atoms with Crippen molar-refractivity contribution >= 4 is 0 Å². The van der Waals surface area contributed by atoms with Crippen molar-refractivity contribution in [1.82, 2.24) is 5.32 Å². The van der Waals surface area contributed by atoms with E-state index in [0.717, 1.165) is 36.0 Å². The van der Waals surface area contributed by atoms with Crippen molar-refractivity contribution in [3.8, 4) is 17.2 Å². The average molecular weight is 310 g/mol. The van der Waals surface area contributed by atoms with E-state index in [1.165, 1.54) is 0 Å². The highest BCUT2D eigenvalue weighted by Crippen LogP contribution is 2.25. The molecule has 3 rings (SSSR count). The lowest BCUT2D eigenvalue weighted by atomic mass is 10.0. The van der Waals surface area contributed by atoms with E-state index in [-0.39, 0.29) is 6.10 Å². The van der Waals surface area contributed by atoms with Crippen LogP contribution in [0.4, 0.5) is 0 Å². The van der Waals surface area contributed by atoms with E-state index in [1.807, 2.05) is 54.6 Å². The quantitative estimate of drug-likeness (QED) is 0.855.